The highest BCUT2D eigenvalue weighted by molar-refractivity contribution is 5.72. The number of hydrogen-bond acceptors (Lipinski definition) is 2. The Bertz CT molecular complexity index is 291. The summed E-state index contributed by atoms with van der Waals surface area (Å²) in [6, 6.07) is -0.414. The zero-order valence-corrected chi connectivity index (χ0v) is 12.3. The number of rotatable bonds is 5. The molecule has 0 heterocycles. The van der Waals surface area contributed by atoms with Crippen LogP contribution in [0.2, 0.25) is 0 Å². The molecule has 0 aromatic rings. The largest absolute Gasteiger partial charge is 0.480 e. The number of aliphatic carboxylic acids is 1. The summed E-state index contributed by atoms with van der Waals surface area (Å²) < 4.78 is 0. The third-order valence-corrected chi connectivity index (χ3v) is 5.45. The molecule has 3 nitrogen and oxygen atoms in total. The average Bonchev–Trinajstić information content (AvgIpc) is 2.46. The van der Waals surface area contributed by atoms with Crippen molar-refractivity contribution in [1.29, 1.82) is 0 Å². The highest BCUT2D eigenvalue weighted by Crippen LogP contribution is 2.47. The van der Waals surface area contributed by atoms with Crippen LogP contribution in [0.1, 0.15) is 71.1 Å². The summed E-state index contributed by atoms with van der Waals surface area (Å²) in [6.07, 6.45) is 13.5. The van der Waals surface area contributed by atoms with E-state index in [2.05, 4.69) is 5.32 Å². The molecular weight excluding hydrogens is 238 g/mol. The smallest absolute Gasteiger partial charge is 0.320 e. The van der Waals surface area contributed by atoms with Gasteiger partial charge in [0.25, 0.3) is 0 Å². The number of carboxylic acids is 1. The molecule has 2 fully saturated rings. The predicted molar refractivity (Wildman–Crippen MR) is 77.2 cm³/mol. The first-order valence-electron chi connectivity index (χ1n) is 8.10. The standard InChI is InChI=1S/C16H29NO2/c1-13(15(18)19)17-12-16(10-6-3-7-11-16)14-8-4-2-5-9-14/h13-14,17H,2-12H2,1H3,(H,18,19). The third kappa shape index (κ3) is 3.71. The Morgan fingerprint density at radius 1 is 1.16 bits per heavy atom. The highest BCUT2D eigenvalue weighted by Gasteiger charge is 2.40. The normalized spacial score (nSPS) is 25.9. The zero-order chi connectivity index (χ0) is 13.7. The number of carbonyl (C=O) groups is 1. The Kier molecular flexibility index (Phi) is 5.26. The van der Waals surface area contributed by atoms with Crippen LogP contribution in [0.5, 0.6) is 0 Å². The van der Waals surface area contributed by atoms with Gasteiger partial charge >= 0.3 is 5.97 Å². The van der Waals surface area contributed by atoms with Crippen molar-refractivity contribution >= 4 is 5.97 Å². The van der Waals surface area contributed by atoms with Crippen LogP contribution in [-0.2, 0) is 4.79 Å². The average molecular weight is 267 g/mol. The molecule has 1 atom stereocenters. The fourth-order valence-corrected chi connectivity index (χ4v) is 4.14. The molecule has 19 heavy (non-hydrogen) atoms. The Morgan fingerprint density at radius 3 is 2.32 bits per heavy atom. The second-order valence-corrected chi connectivity index (χ2v) is 6.70. The van der Waals surface area contributed by atoms with Crippen LogP contribution in [0, 0.1) is 11.3 Å². The van der Waals surface area contributed by atoms with Crippen LogP contribution in [0.4, 0.5) is 0 Å². The van der Waals surface area contributed by atoms with E-state index >= 15 is 0 Å². The van der Waals surface area contributed by atoms with E-state index in [0.717, 1.165) is 12.5 Å². The fourth-order valence-electron chi connectivity index (χ4n) is 4.14. The van der Waals surface area contributed by atoms with E-state index in [4.69, 9.17) is 5.11 Å². The van der Waals surface area contributed by atoms with Crippen LogP contribution in [-0.4, -0.2) is 23.7 Å². The molecule has 3 heteroatoms. The predicted octanol–water partition coefficient (Wildman–Crippen LogP) is 3.58. The summed E-state index contributed by atoms with van der Waals surface area (Å²) >= 11 is 0. The molecule has 0 aliphatic heterocycles. The van der Waals surface area contributed by atoms with Crippen LogP contribution in [0.15, 0.2) is 0 Å². The van der Waals surface area contributed by atoms with Crippen molar-refractivity contribution in [2.24, 2.45) is 11.3 Å². The molecule has 1 unspecified atom stereocenters. The topological polar surface area (TPSA) is 49.3 Å². The van der Waals surface area contributed by atoms with Crippen molar-refractivity contribution in [2.75, 3.05) is 6.54 Å². The summed E-state index contributed by atoms with van der Waals surface area (Å²) in [6.45, 7) is 2.67. The summed E-state index contributed by atoms with van der Waals surface area (Å²) in [5.74, 6) is 0.102. The quantitative estimate of drug-likeness (QED) is 0.800. The van der Waals surface area contributed by atoms with Gasteiger partial charge in [-0.15, -0.1) is 0 Å². The van der Waals surface area contributed by atoms with Gasteiger partial charge in [0.1, 0.15) is 6.04 Å². The molecule has 0 aromatic carbocycles. The van der Waals surface area contributed by atoms with Crippen molar-refractivity contribution < 1.29 is 9.90 Å². The first-order chi connectivity index (χ1) is 9.14. The van der Waals surface area contributed by atoms with E-state index < -0.39 is 12.0 Å². The summed E-state index contributed by atoms with van der Waals surface area (Å²) in [5.41, 5.74) is 0.391. The summed E-state index contributed by atoms with van der Waals surface area (Å²) in [5, 5.41) is 12.3. The highest BCUT2D eigenvalue weighted by atomic mass is 16.4. The van der Waals surface area contributed by atoms with Crippen molar-refractivity contribution in [2.45, 2.75) is 77.2 Å². The van der Waals surface area contributed by atoms with E-state index in [1.54, 1.807) is 6.92 Å². The van der Waals surface area contributed by atoms with Crippen LogP contribution < -0.4 is 5.32 Å². The van der Waals surface area contributed by atoms with Gasteiger partial charge in [-0.1, -0.05) is 38.5 Å². The molecule has 2 aliphatic carbocycles. The van der Waals surface area contributed by atoms with Crippen molar-refractivity contribution in [3.63, 3.8) is 0 Å². The van der Waals surface area contributed by atoms with Crippen molar-refractivity contribution in [3.8, 4) is 0 Å². The molecule has 0 saturated heterocycles. The maximum atomic E-state index is 11.0. The lowest BCUT2D eigenvalue weighted by Crippen LogP contribution is -2.47. The minimum Gasteiger partial charge on any atom is -0.480 e. The van der Waals surface area contributed by atoms with Gasteiger partial charge in [0, 0.05) is 6.54 Å². The Morgan fingerprint density at radius 2 is 1.74 bits per heavy atom. The molecule has 2 saturated carbocycles. The van der Waals surface area contributed by atoms with E-state index in [9.17, 15) is 4.79 Å². The fraction of sp³-hybridized carbons (Fsp3) is 0.938. The molecule has 2 N–H and O–H groups in total. The first kappa shape index (κ1) is 14.8. The van der Waals surface area contributed by atoms with Gasteiger partial charge in [0.05, 0.1) is 0 Å². The molecule has 110 valence electrons. The number of nitrogens with one attached hydrogen (secondary N) is 1. The first-order valence-corrected chi connectivity index (χ1v) is 8.10. The van der Waals surface area contributed by atoms with E-state index in [1.807, 2.05) is 0 Å². The van der Waals surface area contributed by atoms with Crippen LogP contribution in [0.25, 0.3) is 0 Å². The van der Waals surface area contributed by atoms with Gasteiger partial charge in [0.2, 0.25) is 0 Å². The minimum atomic E-state index is -0.727. The van der Waals surface area contributed by atoms with E-state index in [0.29, 0.717) is 5.41 Å². The zero-order valence-electron chi connectivity index (χ0n) is 12.3. The second kappa shape index (κ2) is 6.74. The molecule has 0 bridgehead atoms. The molecule has 2 aliphatic rings. The van der Waals surface area contributed by atoms with E-state index in [1.165, 1.54) is 64.2 Å². The lowest BCUT2D eigenvalue weighted by molar-refractivity contribution is -0.139. The Hall–Kier alpha value is -0.570. The molecule has 0 aromatic heterocycles. The molecule has 2 rings (SSSR count). The van der Waals surface area contributed by atoms with E-state index in [-0.39, 0.29) is 0 Å². The van der Waals surface area contributed by atoms with Crippen molar-refractivity contribution in [3.05, 3.63) is 0 Å². The minimum absolute atomic E-state index is 0.391. The Labute approximate surface area is 117 Å². The van der Waals surface area contributed by atoms with Gasteiger partial charge in [0.15, 0.2) is 0 Å². The van der Waals surface area contributed by atoms with Crippen LogP contribution >= 0.6 is 0 Å². The van der Waals surface area contributed by atoms with Gasteiger partial charge in [-0.05, 0) is 43.9 Å². The summed E-state index contributed by atoms with van der Waals surface area (Å²) in [4.78, 5) is 11.0. The Balaban J connectivity index is 1.99. The van der Waals surface area contributed by atoms with Crippen molar-refractivity contribution in [1.82, 2.24) is 5.32 Å². The maximum absolute atomic E-state index is 11.0. The molecule has 0 amide bonds. The second-order valence-electron chi connectivity index (χ2n) is 6.70. The van der Waals surface area contributed by atoms with Gasteiger partial charge < -0.3 is 10.4 Å². The lowest BCUT2D eigenvalue weighted by Gasteiger charge is -2.46. The molecule has 0 spiro atoms. The molecule has 0 radical (unpaired) electrons. The van der Waals surface area contributed by atoms with Crippen LogP contribution in [0.3, 0.4) is 0 Å². The lowest BCUT2D eigenvalue weighted by atomic mass is 9.61. The summed E-state index contributed by atoms with van der Waals surface area (Å²) in [7, 11) is 0. The SMILES string of the molecule is CC(NCC1(C2CCCCC2)CCCCC1)C(=O)O. The van der Waals surface area contributed by atoms with Gasteiger partial charge in [-0.2, -0.15) is 0 Å². The number of hydrogen-bond donors (Lipinski definition) is 2. The monoisotopic (exact) mass is 267 g/mol. The molecular formula is C16H29NO2. The van der Waals surface area contributed by atoms with Gasteiger partial charge in [-0.3, -0.25) is 4.79 Å². The van der Waals surface area contributed by atoms with Gasteiger partial charge in [-0.25, -0.2) is 0 Å². The maximum Gasteiger partial charge on any atom is 0.320 e. The third-order valence-electron chi connectivity index (χ3n) is 5.45. The number of carboxylic acid groups (broad SMARTS) is 1.